The van der Waals surface area contributed by atoms with E-state index < -0.39 is 6.04 Å². The molecule has 3 rings (SSSR count). The van der Waals surface area contributed by atoms with Gasteiger partial charge in [-0.1, -0.05) is 38.1 Å². The molecule has 1 heterocycles. The fourth-order valence-corrected chi connectivity index (χ4v) is 4.17. The molecule has 164 valence electrons. The molecular weight excluding hydrogens is 410 g/mol. The molecule has 1 aliphatic heterocycles. The van der Waals surface area contributed by atoms with E-state index in [4.69, 9.17) is 0 Å². The predicted octanol–water partition coefficient (Wildman–Crippen LogP) is 4.40. The molecule has 2 aromatic carbocycles. The summed E-state index contributed by atoms with van der Waals surface area (Å²) in [7, 11) is 3.41. The number of carbonyl (C=O) groups is 3. The molecule has 0 spiro atoms. The maximum Gasteiger partial charge on any atom is 0.285 e. The summed E-state index contributed by atoms with van der Waals surface area (Å²) in [6, 6.07) is 14.6. The first-order valence-electron chi connectivity index (χ1n) is 10.4. The van der Waals surface area contributed by atoms with Gasteiger partial charge in [0.1, 0.15) is 6.04 Å². The quantitative estimate of drug-likeness (QED) is 0.701. The van der Waals surface area contributed by atoms with Crippen LogP contribution in [0.4, 0.5) is 10.5 Å². The van der Waals surface area contributed by atoms with Gasteiger partial charge in [-0.05, 0) is 53.1 Å². The molecule has 0 aliphatic carbocycles. The van der Waals surface area contributed by atoms with Crippen molar-refractivity contribution in [3.63, 3.8) is 0 Å². The summed E-state index contributed by atoms with van der Waals surface area (Å²) in [6.07, 6.45) is 0.912. The Morgan fingerprint density at radius 2 is 1.71 bits per heavy atom. The molecule has 7 heteroatoms. The first kappa shape index (κ1) is 22.9. The number of anilines is 1. The number of thioether (sulfide) groups is 1. The summed E-state index contributed by atoms with van der Waals surface area (Å²) >= 11 is 1.13. The lowest BCUT2D eigenvalue weighted by atomic mass is 9.92. The van der Waals surface area contributed by atoms with Crippen LogP contribution >= 0.6 is 11.8 Å². The molecule has 1 unspecified atom stereocenters. The second-order valence-corrected chi connectivity index (χ2v) is 9.41. The largest absolute Gasteiger partial charge is 0.339 e. The molecule has 0 bridgehead atoms. The lowest BCUT2D eigenvalue weighted by molar-refractivity contribution is -0.140. The minimum atomic E-state index is -0.550. The standard InChI is InChI=1S/C24H29N3O3S/c1-16(2)13-22(28)27-15-18-8-6-5-7-17(18)14-21(27)23(29)25-19-9-11-20(12-10-19)31-24(30)26(3)4/h5-12,16,21H,13-15H2,1-4H3,(H,25,29). The Balaban J connectivity index is 1.74. The Hall–Kier alpha value is -2.80. The van der Waals surface area contributed by atoms with Crippen LogP contribution in [0.2, 0.25) is 0 Å². The zero-order chi connectivity index (χ0) is 22.5. The van der Waals surface area contributed by atoms with E-state index in [1.54, 1.807) is 43.3 Å². The van der Waals surface area contributed by atoms with Gasteiger partial charge in [0.25, 0.3) is 5.24 Å². The third-order valence-corrected chi connectivity index (χ3v) is 6.19. The normalized spacial score (nSPS) is 15.4. The Morgan fingerprint density at radius 3 is 2.32 bits per heavy atom. The van der Waals surface area contributed by atoms with Gasteiger partial charge in [-0.2, -0.15) is 0 Å². The fraction of sp³-hybridized carbons (Fsp3) is 0.375. The SMILES string of the molecule is CC(C)CC(=O)N1Cc2ccccc2CC1C(=O)Nc1ccc(SC(=O)N(C)C)cc1. The van der Waals surface area contributed by atoms with Crippen LogP contribution in [0.15, 0.2) is 53.4 Å². The van der Waals surface area contributed by atoms with Crippen molar-refractivity contribution in [3.8, 4) is 0 Å². The minimum Gasteiger partial charge on any atom is -0.339 e. The summed E-state index contributed by atoms with van der Waals surface area (Å²) in [5.74, 6) is 0.0262. The number of hydrogen-bond acceptors (Lipinski definition) is 4. The maximum absolute atomic E-state index is 13.2. The van der Waals surface area contributed by atoms with Gasteiger partial charge in [0.2, 0.25) is 11.8 Å². The molecule has 0 aromatic heterocycles. The maximum atomic E-state index is 13.2. The molecule has 0 saturated carbocycles. The van der Waals surface area contributed by atoms with Crippen LogP contribution in [-0.4, -0.2) is 47.0 Å². The van der Waals surface area contributed by atoms with Crippen LogP contribution in [0, 0.1) is 5.92 Å². The zero-order valence-electron chi connectivity index (χ0n) is 18.4. The number of nitrogens with zero attached hydrogens (tertiary/aromatic N) is 2. The Labute approximate surface area is 188 Å². The molecule has 6 nitrogen and oxygen atoms in total. The van der Waals surface area contributed by atoms with Crippen molar-refractivity contribution in [2.24, 2.45) is 5.92 Å². The number of rotatable bonds is 5. The summed E-state index contributed by atoms with van der Waals surface area (Å²) in [4.78, 5) is 41.9. The van der Waals surface area contributed by atoms with Crippen molar-refractivity contribution in [1.29, 1.82) is 0 Å². The highest BCUT2D eigenvalue weighted by Crippen LogP contribution is 2.27. The molecule has 1 N–H and O–H groups in total. The highest BCUT2D eigenvalue weighted by molar-refractivity contribution is 8.13. The third-order valence-electron chi connectivity index (χ3n) is 5.15. The molecular formula is C24H29N3O3S. The molecule has 0 radical (unpaired) electrons. The van der Waals surface area contributed by atoms with Gasteiger partial charge in [0.05, 0.1) is 0 Å². The molecule has 1 atom stereocenters. The Kier molecular flexibility index (Phi) is 7.38. The minimum absolute atomic E-state index is 0.00130. The highest BCUT2D eigenvalue weighted by atomic mass is 32.2. The van der Waals surface area contributed by atoms with Crippen molar-refractivity contribution in [2.45, 2.75) is 44.2 Å². The molecule has 31 heavy (non-hydrogen) atoms. The summed E-state index contributed by atoms with van der Waals surface area (Å²) in [6.45, 7) is 4.46. The van der Waals surface area contributed by atoms with Crippen LogP contribution in [0.1, 0.15) is 31.4 Å². The second kappa shape index (κ2) is 10.0. The number of benzene rings is 2. The van der Waals surface area contributed by atoms with Crippen molar-refractivity contribution in [2.75, 3.05) is 19.4 Å². The van der Waals surface area contributed by atoms with E-state index >= 15 is 0 Å². The zero-order valence-corrected chi connectivity index (χ0v) is 19.2. The van der Waals surface area contributed by atoms with E-state index in [9.17, 15) is 14.4 Å². The molecule has 0 saturated heterocycles. The van der Waals surface area contributed by atoms with Gasteiger partial charge >= 0.3 is 0 Å². The summed E-state index contributed by atoms with van der Waals surface area (Å²) in [5, 5.41) is 2.89. The first-order valence-corrected chi connectivity index (χ1v) is 11.2. The van der Waals surface area contributed by atoms with Crippen molar-refractivity contribution >= 4 is 34.5 Å². The number of nitrogens with one attached hydrogen (secondary N) is 1. The lowest BCUT2D eigenvalue weighted by Gasteiger charge is -2.36. The topological polar surface area (TPSA) is 69.7 Å². The smallest absolute Gasteiger partial charge is 0.285 e. The van der Waals surface area contributed by atoms with E-state index in [0.29, 0.717) is 25.1 Å². The van der Waals surface area contributed by atoms with Crippen molar-refractivity contribution in [3.05, 3.63) is 59.7 Å². The van der Waals surface area contributed by atoms with Crippen LogP contribution in [0.5, 0.6) is 0 Å². The molecule has 3 amide bonds. The third kappa shape index (κ3) is 5.88. The van der Waals surface area contributed by atoms with Gasteiger partial charge in [-0.25, -0.2) is 0 Å². The van der Waals surface area contributed by atoms with Gasteiger partial charge in [0, 0.05) is 44.1 Å². The number of carbonyl (C=O) groups excluding carboxylic acids is 3. The van der Waals surface area contributed by atoms with Crippen LogP contribution in [-0.2, 0) is 22.6 Å². The van der Waals surface area contributed by atoms with E-state index in [0.717, 1.165) is 27.8 Å². The average Bonchev–Trinajstić information content (AvgIpc) is 2.73. The highest BCUT2D eigenvalue weighted by Gasteiger charge is 2.34. The predicted molar refractivity (Wildman–Crippen MR) is 124 cm³/mol. The Bertz CT molecular complexity index is 957. The van der Waals surface area contributed by atoms with Crippen molar-refractivity contribution < 1.29 is 14.4 Å². The summed E-state index contributed by atoms with van der Waals surface area (Å²) in [5.41, 5.74) is 2.84. The van der Waals surface area contributed by atoms with Crippen molar-refractivity contribution in [1.82, 2.24) is 9.80 Å². The first-order chi connectivity index (χ1) is 14.7. The number of amides is 3. The van der Waals surface area contributed by atoms with E-state index in [2.05, 4.69) is 5.32 Å². The Morgan fingerprint density at radius 1 is 1.06 bits per heavy atom. The molecule has 2 aromatic rings. The van der Waals surface area contributed by atoms with Crippen LogP contribution < -0.4 is 5.32 Å². The molecule has 0 fully saturated rings. The number of fused-ring (bicyclic) bond motifs is 1. The van der Waals surface area contributed by atoms with E-state index in [1.807, 2.05) is 38.1 Å². The average molecular weight is 440 g/mol. The lowest BCUT2D eigenvalue weighted by Crippen LogP contribution is -2.50. The van der Waals surface area contributed by atoms with Gasteiger partial charge in [0.15, 0.2) is 0 Å². The second-order valence-electron chi connectivity index (χ2n) is 8.38. The van der Waals surface area contributed by atoms with Gasteiger partial charge < -0.3 is 15.1 Å². The van der Waals surface area contributed by atoms with E-state index in [-0.39, 0.29) is 23.0 Å². The van der Waals surface area contributed by atoms with Gasteiger partial charge in [-0.15, -0.1) is 0 Å². The van der Waals surface area contributed by atoms with Crippen LogP contribution in [0.3, 0.4) is 0 Å². The fourth-order valence-electron chi connectivity index (χ4n) is 3.51. The number of hydrogen-bond donors (Lipinski definition) is 1. The van der Waals surface area contributed by atoms with Gasteiger partial charge in [-0.3, -0.25) is 14.4 Å². The van der Waals surface area contributed by atoms with E-state index in [1.165, 1.54) is 4.90 Å². The molecule has 1 aliphatic rings. The monoisotopic (exact) mass is 439 g/mol. The summed E-state index contributed by atoms with van der Waals surface area (Å²) < 4.78 is 0. The van der Waals surface area contributed by atoms with Crippen LogP contribution in [0.25, 0.3) is 0 Å².